The van der Waals surface area contributed by atoms with Crippen molar-refractivity contribution in [2.24, 2.45) is 5.73 Å². The Kier molecular flexibility index (Phi) is 5.92. The third kappa shape index (κ3) is 4.64. The molecular weight excluding hydrogens is 216 g/mol. The number of carbonyl (C=O) groups is 1. The van der Waals surface area contributed by atoms with E-state index in [1.165, 1.54) is 0 Å². The monoisotopic (exact) mass is 242 g/mol. The van der Waals surface area contributed by atoms with Crippen LogP contribution in [0.1, 0.15) is 52.4 Å². The topological polar surface area (TPSA) is 64.3 Å². The Morgan fingerprint density at radius 2 is 2.12 bits per heavy atom. The van der Waals surface area contributed by atoms with Gasteiger partial charge in [-0.2, -0.15) is 0 Å². The van der Waals surface area contributed by atoms with Crippen LogP contribution in [0.2, 0.25) is 0 Å². The van der Waals surface area contributed by atoms with Crippen LogP contribution in [-0.4, -0.2) is 30.7 Å². The van der Waals surface area contributed by atoms with Crippen molar-refractivity contribution in [1.82, 2.24) is 5.32 Å². The lowest BCUT2D eigenvalue weighted by atomic mass is 10.0. The van der Waals surface area contributed by atoms with Crippen molar-refractivity contribution in [3.05, 3.63) is 0 Å². The van der Waals surface area contributed by atoms with Crippen LogP contribution < -0.4 is 11.1 Å². The molecule has 4 heteroatoms. The summed E-state index contributed by atoms with van der Waals surface area (Å²) < 4.78 is 5.74. The molecule has 4 nitrogen and oxygen atoms in total. The molecule has 1 rings (SSSR count). The largest absolute Gasteiger partial charge is 0.364 e. The van der Waals surface area contributed by atoms with Crippen molar-refractivity contribution < 1.29 is 9.53 Å². The van der Waals surface area contributed by atoms with E-state index < -0.39 is 0 Å². The van der Waals surface area contributed by atoms with E-state index in [9.17, 15) is 4.79 Å². The van der Waals surface area contributed by atoms with Crippen LogP contribution >= 0.6 is 0 Å². The minimum atomic E-state index is -0.231. The van der Waals surface area contributed by atoms with Crippen molar-refractivity contribution in [2.45, 2.75) is 64.0 Å². The van der Waals surface area contributed by atoms with Gasteiger partial charge in [-0.3, -0.25) is 4.79 Å². The molecule has 1 fully saturated rings. The van der Waals surface area contributed by atoms with Gasteiger partial charge < -0.3 is 15.8 Å². The number of nitrogens with one attached hydrogen (secondary N) is 1. The van der Waals surface area contributed by atoms with Gasteiger partial charge in [-0.25, -0.2) is 0 Å². The highest BCUT2D eigenvalue weighted by Crippen LogP contribution is 2.31. The van der Waals surface area contributed by atoms with E-state index in [4.69, 9.17) is 10.5 Å². The summed E-state index contributed by atoms with van der Waals surface area (Å²) in [5.74, 6) is -0.0225. The van der Waals surface area contributed by atoms with E-state index in [0.29, 0.717) is 6.54 Å². The van der Waals surface area contributed by atoms with E-state index in [1.807, 2.05) is 6.92 Å². The molecule has 1 unspecified atom stereocenters. The summed E-state index contributed by atoms with van der Waals surface area (Å²) in [6.45, 7) is 4.80. The fourth-order valence-corrected chi connectivity index (χ4v) is 2.47. The molecule has 1 amide bonds. The van der Waals surface area contributed by atoms with Gasteiger partial charge in [-0.05, 0) is 26.2 Å². The van der Waals surface area contributed by atoms with Crippen molar-refractivity contribution in [3.63, 3.8) is 0 Å². The average Bonchev–Trinajstić information content (AvgIpc) is 2.76. The van der Waals surface area contributed by atoms with Crippen LogP contribution in [0, 0.1) is 0 Å². The average molecular weight is 242 g/mol. The number of amides is 1. The van der Waals surface area contributed by atoms with E-state index in [1.54, 1.807) is 0 Å². The second-order valence-corrected chi connectivity index (χ2v) is 5.14. The standard InChI is InChI=1S/C13H26N2O2/c1-3-6-11(2)15-12(16)9-17-13(10-14)7-4-5-8-13/h11H,3-10,14H2,1-2H3,(H,15,16). The molecule has 0 heterocycles. The lowest BCUT2D eigenvalue weighted by molar-refractivity contribution is -0.133. The summed E-state index contributed by atoms with van der Waals surface area (Å²) in [7, 11) is 0. The maximum Gasteiger partial charge on any atom is 0.246 e. The number of nitrogens with two attached hydrogens (primary N) is 1. The number of hydrogen-bond acceptors (Lipinski definition) is 3. The molecule has 0 radical (unpaired) electrons. The van der Waals surface area contributed by atoms with Gasteiger partial charge in [0.1, 0.15) is 6.61 Å². The van der Waals surface area contributed by atoms with Gasteiger partial charge in [0.25, 0.3) is 0 Å². The normalized spacial score (nSPS) is 20.2. The Hall–Kier alpha value is -0.610. The molecule has 1 aliphatic rings. The number of carbonyl (C=O) groups excluding carboxylic acids is 1. The second kappa shape index (κ2) is 6.97. The fraction of sp³-hybridized carbons (Fsp3) is 0.923. The molecule has 1 atom stereocenters. The molecular formula is C13H26N2O2. The maximum atomic E-state index is 11.7. The predicted molar refractivity (Wildman–Crippen MR) is 68.7 cm³/mol. The lowest BCUT2D eigenvalue weighted by Crippen LogP contribution is -2.42. The SMILES string of the molecule is CCCC(C)NC(=O)COC1(CN)CCCC1. The van der Waals surface area contributed by atoms with E-state index >= 15 is 0 Å². The molecule has 3 N–H and O–H groups in total. The number of ether oxygens (including phenoxy) is 1. The summed E-state index contributed by atoms with van der Waals surface area (Å²) in [4.78, 5) is 11.7. The first kappa shape index (κ1) is 14.5. The summed E-state index contributed by atoms with van der Waals surface area (Å²) in [5, 5.41) is 2.94. The van der Waals surface area contributed by atoms with Crippen LogP contribution in [0.4, 0.5) is 0 Å². The first-order valence-corrected chi connectivity index (χ1v) is 6.75. The molecule has 0 bridgehead atoms. The molecule has 17 heavy (non-hydrogen) atoms. The van der Waals surface area contributed by atoms with Crippen LogP contribution in [0.5, 0.6) is 0 Å². The lowest BCUT2D eigenvalue weighted by Gasteiger charge is -2.27. The predicted octanol–water partition coefficient (Wildman–Crippen LogP) is 1.58. The van der Waals surface area contributed by atoms with E-state index in [0.717, 1.165) is 38.5 Å². The number of hydrogen-bond donors (Lipinski definition) is 2. The fourth-order valence-electron chi connectivity index (χ4n) is 2.47. The van der Waals surface area contributed by atoms with Gasteiger partial charge >= 0.3 is 0 Å². The zero-order chi connectivity index (χ0) is 12.7. The van der Waals surface area contributed by atoms with E-state index in [2.05, 4.69) is 12.2 Å². The molecule has 0 aromatic rings. The summed E-state index contributed by atoms with van der Waals surface area (Å²) in [5.41, 5.74) is 5.52. The van der Waals surface area contributed by atoms with Gasteiger partial charge in [0.2, 0.25) is 5.91 Å². The Morgan fingerprint density at radius 1 is 1.47 bits per heavy atom. The van der Waals surface area contributed by atoms with Gasteiger partial charge in [0.05, 0.1) is 5.60 Å². The van der Waals surface area contributed by atoms with Crippen molar-refractivity contribution in [3.8, 4) is 0 Å². The zero-order valence-corrected chi connectivity index (χ0v) is 11.1. The molecule has 0 aromatic heterocycles. The molecule has 100 valence electrons. The highest BCUT2D eigenvalue weighted by Gasteiger charge is 2.33. The Bertz CT molecular complexity index is 238. The van der Waals surface area contributed by atoms with Crippen molar-refractivity contribution in [1.29, 1.82) is 0 Å². The zero-order valence-electron chi connectivity index (χ0n) is 11.1. The van der Waals surface area contributed by atoms with Crippen LogP contribution in [-0.2, 0) is 9.53 Å². The molecule has 0 spiro atoms. The summed E-state index contributed by atoms with van der Waals surface area (Å²) in [6.07, 6.45) is 6.38. The molecule has 0 aromatic carbocycles. The quantitative estimate of drug-likeness (QED) is 0.712. The van der Waals surface area contributed by atoms with Crippen molar-refractivity contribution in [2.75, 3.05) is 13.2 Å². The number of rotatable bonds is 7. The molecule has 1 aliphatic carbocycles. The van der Waals surface area contributed by atoms with Gasteiger partial charge in [0, 0.05) is 12.6 Å². The summed E-state index contributed by atoms with van der Waals surface area (Å²) in [6, 6.07) is 0.230. The molecule has 1 saturated carbocycles. The van der Waals surface area contributed by atoms with Crippen LogP contribution in [0.15, 0.2) is 0 Å². The van der Waals surface area contributed by atoms with Crippen LogP contribution in [0.3, 0.4) is 0 Å². The second-order valence-electron chi connectivity index (χ2n) is 5.14. The minimum absolute atomic E-state index is 0.0225. The smallest absolute Gasteiger partial charge is 0.246 e. The van der Waals surface area contributed by atoms with Crippen LogP contribution in [0.25, 0.3) is 0 Å². The molecule has 0 saturated heterocycles. The third-order valence-corrected chi connectivity index (χ3v) is 3.53. The first-order valence-electron chi connectivity index (χ1n) is 6.75. The third-order valence-electron chi connectivity index (χ3n) is 3.53. The van der Waals surface area contributed by atoms with E-state index in [-0.39, 0.29) is 24.2 Å². The molecule has 0 aliphatic heterocycles. The maximum absolute atomic E-state index is 11.7. The highest BCUT2D eigenvalue weighted by atomic mass is 16.5. The Balaban J connectivity index is 2.27. The van der Waals surface area contributed by atoms with Gasteiger partial charge in [-0.15, -0.1) is 0 Å². The minimum Gasteiger partial charge on any atom is -0.364 e. The van der Waals surface area contributed by atoms with Crippen molar-refractivity contribution >= 4 is 5.91 Å². The highest BCUT2D eigenvalue weighted by molar-refractivity contribution is 5.77. The summed E-state index contributed by atoms with van der Waals surface area (Å²) >= 11 is 0. The van der Waals surface area contributed by atoms with Gasteiger partial charge in [0.15, 0.2) is 0 Å². The Labute approximate surface area is 104 Å². The van der Waals surface area contributed by atoms with Gasteiger partial charge in [-0.1, -0.05) is 26.2 Å². The Morgan fingerprint density at radius 3 is 2.65 bits per heavy atom. The first-order chi connectivity index (χ1) is 8.12.